The van der Waals surface area contributed by atoms with Crippen molar-refractivity contribution in [1.29, 1.82) is 0 Å². The average Bonchev–Trinajstić information content (AvgIpc) is 2.50. The van der Waals surface area contributed by atoms with Crippen LogP contribution in [0.5, 0.6) is 0 Å². The van der Waals surface area contributed by atoms with Gasteiger partial charge in [-0.15, -0.1) is 0 Å². The van der Waals surface area contributed by atoms with E-state index in [0.29, 0.717) is 6.07 Å². The Kier molecular flexibility index (Phi) is 5.39. The first-order chi connectivity index (χ1) is 10.7. The van der Waals surface area contributed by atoms with Crippen LogP contribution in [0.3, 0.4) is 0 Å². The molecule has 10 heteroatoms. The van der Waals surface area contributed by atoms with Crippen molar-refractivity contribution in [2.45, 2.75) is 30.7 Å². The molecule has 2 rings (SSSR count). The van der Waals surface area contributed by atoms with Crippen LogP contribution in [-0.2, 0) is 20.0 Å². The van der Waals surface area contributed by atoms with Crippen LogP contribution in [0.25, 0.3) is 0 Å². The first-order valence-corrected chi connectivity index (χ1v) is 10.2. The number of hydrogen-bond acceptors (Lipinski definition) is 4. The van der Waals surface area contributed by atoms with E-state index < -0.39 is 36.6 Å². The molecule has 0 saturated carbocycles. The van der Waals surface area contributed by atoms with E-state index in [1.807, 2.05) is 0 Å². The number of hydrogen-bond donors (Lipinski definition) is 1. The van der Waals surface area contributed by atoms with Gasteiger partial charge in [0.05, 0.1) is 5.75 Å². The highest BCUT2D eigenvalue weighted by atomic mass is 32.2. The highest BCUT2D eigenvalue weighted by molar-refractivity contribution is 7.89. The largest absolute Gasteiger partial charge is 0.246 e. The second kappa shape index (κ2) is 6.80. The van der Waals surface area contributed by atoms with Crippen molar-refractivity contribution < 1.29 is 25.6 Å². The molecular formula is C13H18F2N2O4S2. The number of nitrogens with one attached hydrogen (secondary N) is 1. The zero-order chi connectivity index (χ0) is 17.3. The van der Waals surface area contributed by atoms with E-state index in [0.717, 1.165) is 16.4 Å². The Morgan fingerprint density at radius 3 is 2.35 bits per heavy atom. The molecule has 0 amide bonds. The van der Waals surface area contributed by atoms with E-state index in [1.54, 1.807) is 0 Å². The summed E-state index contributed by atoms with van der Waals surface area (Å²) < 4.78 is 78.3. The monoisotopic (exact) mass is 368 g/mol. The molecule has 1 aliphatic rings. The average molecular weight is 368 g/mol. The fraction of sp³-hybridized carbons (Fsp3) is 0.538. The molecule has 0 aliphatic carbocycles. The van der Waals surface area contributed by atoms with Crippen LogP contribution in [0.15, 0.2) is 23.1 Å². The summed E-state index contributed by atoms with van der Waals surface area (Å²) in [6, 6.07) is 1.91. The van der Waals surface area contributed by atoms with Crippen molar-refractivity contribution in [1.82, 2.24) is 9.03 Å². The van der Waals surface area contributed by atoms with Crippen LogP contribution < -0.4 is 4.72 Å². The summed E-state index contributed by atoms with van der Waals surface area (Å²) in [6.45, 7) is 1.58. The molecule has 1 heterocycles. The summed E-state index contributed by atoms with van der Waals surface area (Å²) in [4.78, 5) is -0.704. The van der Waals surface area contributed by atoms with Crippen LogP contribution in [0.1, 0.15) is 19.8 Å². The minimum atomic E-state index is -4.15. The van der Waals surface area contributed by atoms with Gasteiger partial charge in [-0.1, -0.05) is 0 Å². The minimum absolute atomic E-state index is 0.0369. The van der Waals surface area contributed by atoms with E-state index in [2.05, 4.69) is 4.72 Å². The van der Waals surface area contributed by atoms with E-state index in [-0.39, 0.29) is 37.7 Å². The molecule has 1 N–H and O–H groups in total. The fourth-order valence-corrected chi connectivity index (χ4v) is 4.82. The number of benzene rings is 1. The summed E-state index contributed by atoms with van der Waals surface area (Å²) in [5.41, 5.74) is 0. The number of halogens is 2. The van der Waals surface area contributed by atoms with Crippen molar-refractivity contribution in [3.8, 4) is 0 Å². The Morgan fingerprint density at radius 2 is 1.78 bits per heavy atom. The van der Waals surface area contributed by atoms with E-state index in [9.17, 15) is 25.6 Å². The van der Waals surface area contributed by atoms with Crippen LogP contribution in [0, 0.1) is 11.6 Å². The van der Waals surface area contributed by atoms with Gasteiger partial charge in [-0.3, -0.25) is 0 Å². The predicted molar refractivity (Wildman–Crippen MR) is 80.7 cm³/mol. The molecule has 1 aromatic carbocycles. The summed E-state index contributed by atoms with van der Waals surface area (Å²) in [7, 11) is -7.51. The van der Waals surface area contributed by atoms with Crippen molar-refractivity contribution in [2.24, 2.45) is 0 Å². The second-order valence-electron chi connectivity index (χ2n) is 5.27. The number of nitrogens with zero attached hydrogens (tertiary/aromatic N) is 1. The molecular weight excluding hydrogens is 350 g/mol. The fourth-order valence-electron chi connectivity index (χ4n) is 2.37. The third-order valence-corrected chi connectivity index (χ3v) is 7.06. The molecule has 0 atom stereocenters. The maximum atomic E-state index is 13.7. The van der Waals surface area contributed by atoms with Gasteiger partial charge in [0.2, 0.25) is 20.0 Å². The number of sulfonamides is 2. The molecule has 1 aromatic rings. The van der Waals surface area contributed by atoms with E-state index in [1.165, 1.54) is 6.92 Å². The third-order valence-electron chi connectivity index (χ3n) is 3.69. The van der Waals surface area contributed by atoms with Gasteiger partial charge in [0.15, 0.2) is 0 Å². The molecule has 0 spiro atoms. The smallest absolute Gasteiger partial charge is 0.212 e. The van der Waals surface area contributed by atoms with Crippen molar-refractivity contribution in [2.75, 3.05) is 18.8 Å². The van der Waals surface area contributed by atoms with Crippen molar-refractivity contribution in [3.63, 3.8) is 0 Å². The summed E-state index contributed by atoms with van der Waals surface area (Å²) in [5, 5.41) is 0. The Morgan fingerprint density at radius 1 is 1.17 bits per heavy atom. The summed E-state index contributed by atoms with van der Waals surface area (Å²) in [5.74, 6) is -1.91. The van der Waals surface area contributed by atoms with Gasteiger partial charge in [0, 0.05) is 19.1 Å². The lowest BCUT2D eigenvalue weighted by Crippen LogP contribution is -2.46. The Hall–Kier alpha value is -1.10. The van der Waals surface area contributed by atoms with Gasteiger partial charge >= 0.3 is 0 Å². The van der Waals surface area contributed by atoms with Gasteiger partial charge in [-0.25, -0.2) is 30.3 Å². The van der Waals surface area contributed by atoms with Gasteiger partial charge in [0.1, 0.15) is 16.5 Å². The van der Waals surface area contributed by atoms with E-state index >= 15 is 0 Å². The van der Waals surface area contributed by atoms with Crippen molar-refractivity contribution in [3.05, 3.63) is 29.8 Å². The molecule has 23 heavy (non-hydrogen) atoms. The summed E-state index contributed by atoms with van der Waals surface area (Å²) in [6.07, 6.45) is 0.546. The van der Waals surface area contributed by atoms with Crippen molar-refractivity contribution >= 4 is 20.0 Å². The standard InChI is InChI=1S/C13H18F2N2O4S2/c1-2-22(18,19)16-11-5-7-17(8-6-11)23(20,21)13-9-10(14)3-4-12(13)15/h3-4,9,11,16H,2,5-8H2,1H3. The quantitative estimate of drug-likeness (QED) is 0.842. The minimum Gasteiger partial charge on any atom is -0.212 e. The van der Waals surface area contributed by atoms with Crippen LogP contribution in [0.2, 0.25) is 0 Å². The normalized spacial score (nSPS) is 18.2. The molecule has 0 aromatic heterocycles. The molecule has 0 unspecified atom stereocenters. The Labute approximate surface area is 134 Å². The van der Waals surface area contributed by atoms with E-state index in [4.69, 9.17) is 0 Å². The topological polar surface area (TPSA) is 83.6 Å². The van der Waals surface area contributed by atoms with Gasteiger partial charge in [-0.2, -0.15) is 4.31 Å². The first kappa shape index (κ1) is 18.2. The SMILES string of the molecule is CCS(=O)(=O)NC1CCN(S(=O)(=O)c2cc(F)ccc2F)CC1. The van der Waals surface area contributed by atoms with Gasteiger partial charge in [0.25, 0.3) is 0 Å². The number of rotatable bonds is 5. The lowest BCUT2D eigenvalue weighted by molar-refractivity contribution is 0.307. The molecule has 0 bridgehead atoms. The Balaban J connectivity index is 2.11. The maximum absolute atomic E-state index is 13.7. The molecule has 6 nitrogen and oxygen atoms in total. The second-order valence-corrected chi connectivity index (χ2v) is 9.22. The van der Waals surface area contributed by atoms with Gasteiger partial charge < -0.3 is 0 Å². The third kappa shape index (κ3) is 4.25. The first-order valence-electron chi connectivity index (χ1n) is 7.11. The summed E-state index contributed by atoms with van der Waals surface area (Å²) >= 11 is 0. The highest BCUT2D eigenvalue weighted by Crippen LogP contribution is 2.24. The molecule has 0 radical (unpaired) electrons. The highest BCUT2D eigenvalue weighted by Gasteiger charge is 2.32. The lowest BCUT2D eigenvalue weighted by Gasteiger charge is -2.31. The zero-order valence-electron chi connectivity index (χ0n) is 12.5. The lowest BCUT2D eigenvalue weighted by atomic mass is 10.1. The zero-order valence-corrected chi connectivity index (χ0v) is 14.1. The molecule has 1 fully saturated rings. The molecule has 130 valence electrons. The maximum Gasteiger partial charge on any atom is 0.246 e. The Bertz CT molecular complexity index is 773. The van der Waals surface area contributed by atoms with Crippen LogP contribution in [-0.4, -0.2) is 46.0 Å². The van der Waals surface area contributed by atoms with Gasteiger partial charge in [-0.05, 0) is 38.0 Å². The predicted octanol–water partition coefficient (Wildman–Crippen LogP) is 1.06. The molecule has 1 aliphatic heterocycles. The van der Waals surface area contributed by atoms with Crippen LogP contribution in [0.4, 0.5) is 8.78 Å². The van der Waals surface area contributed by atoms with Crippen LogP contribution >= 0.6 is 0 Å². The number of piperidine rings is 1. The molecule has 1 saturated heterocycles.